The van der Waals surface area contributed by atoms with Gasteiger partial charge in [0.2, 0.25) is 11.9 Å². The Morgan fingerprint density at radius 2 is 1.59 bits per heavy atom. The third-order valence-electron chi connectivity index (χ3n) is 5.75. The second kappa shape index (κ2) is 13.0. The van der Waals surface area contributed by atoms with Crippen molar-refractivity contribution in [1.82, 2.24) is 30.6 Å². The molecule has 0 radical (unpaired) electrons. The SMILES string of the molecule is CN(Cc1cnc2nc(N)nc(N)c2n1)c1ccc(C(=O)N[C@@H](CCC(=O)N[C@@H](CC(=O)O)C(=O)O)C(=O)O)cc1. The van der Waals surface area contributed by atoms with E-state index in [2.05, 4.69) is 25.3 Å². The van der Waals surface area contributed by atoms with E-state index in [1.54, 1.807) is 19.2 Å². The Kier molecular flexibility index (Phi) is 9.46. The van der Waals surface area contributed by atoms with Crippen molar-refractivity contribution in [2.75, 3.05) is 23.4 Å². The van der Waals surface area contributed by atoms with Crippen LogP contribution in [0.2, 0.25) is 0 Å². The number of carbonyl (C=O) groups excluding carboxylic acids is 2. The number of aliphatic carboxylic acids is 3. The molecule has 0 saturated heterocycles. The van der Waals surface area contributed by atoms with Gasteiger partial charge < -0.3 is 42.3 Å². The first-order chi connectivity index (χ1) is 19.3. The Labute approximate surface area is 231 Å². The van der Waals surface area contributed by atoms with E-state index in [0.29, 0.717) is 23.4 Å². The number of aromatic nitrogens is 4. The van der Waals surface area contributed by atoms with Gasteiger partial charge in [0.15, 0.2) is 17.0 Å². The number of benzene rings is 1. The Balaban J connectivity index is 1.59. The first-order valence-corrected chi connectivity index (χ1v) is 12.0. The molecule has 0 aliphatic carbocycles. The lowest BCUT2D eigenvalue weighted by molar-refractivity contribution is -0.147. The molecule has 3 rings (SSSR count). The van der Waals surface area contributed by atoms with Gasteiger partial charge in [0.05, 0.1) is 24.9 Å². The maximum atomic E-state index is 12.7. The molecule has 9 N–H and O–H groups in total. The van der Waals surface area contributed by atoms with E-state index < -0.39 is 54.6 Å². The van der Waals surface area contributed by atoms with E-state index in [0.717, 1.165) is 0 Å². The minimum absolute atomic E-state index is 0.0136. The smallest absolute Gasteiger partial charge is 0.326 e. The average Bonchev–Trinajstić information content (AvgIpc) is 2.90. The monoisotopic (exact) mass is 569 g/mol. The normalized spacial score (nSPS) is 12.2. The summed E-state index contributed by atoms with van der Waals surface area (Å²) in [4.78, 5) is 76.5. The van der Waals surface area contributed by atoms with Crippen LogP contribution in [0.25, 0.3) is 11.2 Å². The summed E-state index contributed by atoms with van der Waals surface area (Å²) in [6.07, 6.45) is -0.151. The molecule has 0 bridgehead atoms. The standard InChI is InChI=1S/C24H27N9O8/c1-33(10-12-9-27-20-18(28-12)19(25)31-24(26)32-20)13-4-2-11(3-5-13)21(37)30-14(22(38)39)6-7-16(34)29-15(23(40)41)8-17(35)36/h2-5,9,14-15H,6-8,10H2,1H3,(H,29,34)(H,30,37)(H,35,36)(H,38,39)(H,40,41)(H4,25,26,27,31,32)/t14-,15-/m0/s1. The quantitative estimate of drug-likeness (QED) is 0.133. The third-order valence-corrected chi connectivity index (χ3v) is 5.75. The Bertz CT molecular complexity index is 1480. The molecule has 2 aromatic heterocycles. The number of hydrogen-bond acceptors (Lipinski definition) is 12. The Hall–Kier alpha value is -5.61. The van der Waals surface area contributed by atoms with E-state index in [4.69, 9.17) is 21.7 Å². The number of hydrogen-bond donors (Lipinski definition) is 7. The molecule has 216 valence electrons. The molecule has 2 amide bonds. The van der Waals surface area contributed by atoms with Gasteiger partial charge in [-0.3, -0.25) is 14.4 Å². The fraction of sp³-hybridized carbons (Fsp3) is 0.292. The molecular formula is C24H27N9O8. The van der Waals surface area contributed by atoms with E-state index in [9.17, 15) is 29.1 Å². The topological polar surface area (TPSA) is 277 Å². The summed E-state index contributed by atoms with van der Waals surface area (Å²) < 4.78 is 0. The minimum Gasteiger partial charge on any atom is -0.481 e. The van der Waals surface area contributed by atoms with Crippen molar-refractivity contribution < 1.29 is 39.3 Å². The van der Waals surface area contributed by atoms with Gasteiger partial charge >= 0.3 is 17.9 Å². The number of carbonyl (C=O) groups is 5. The summed E-state index contributed by atoms with van der Waals surface area (Å²) >= 11 is 0. The van der Waals surface area contributed by atoms with Gasteiger partial charge in [-0.2, -0.15) is 9.97 Å². The lowest BCUT2D eigenvalue weighted by Gasteiger charge is -2.19. The van der Waals surface area contributed by atoms with Crippen LogP contribution in [0.4, 0.5) is 17.5 Å². The number of carboxylic acid groups (broad SMARTS) is 3. The fourth-order valence-electron chi connectivity index (χ4n) is 3.68. The maximum Gasteiger partial charge on any atom is 0.326 e. The highest BCUT2D eigenvalue weighted by molar-refractivity contribution is 5.97. The molecule has 0 fully saturated rings. The first-order valence-electron chi connectivity index (χ1n) is 12.0. The van der Waals surface area contributed by atoms with Gasteiger partial charge in [-0.05, 0) is 30.7 Å². The second-order valence-electron chi connectivity index (χ2n) is 8.86. The van der Waals surface area contributed by atoms with Gasteiger partial charge in [0.25, 0.3) is 5.91 Å². The molecule has 41 heavy (non-hydrogen) atoms. The summed E-state index contributed by atoms with van der Waals surface area (Å²) in [5, 5.41) is 31.6. The summed E-state index contributed by atoms with van der Waals surface area (Å²) in [5.74, 6) is -5.89. The van der Waals surface area contributed by atoms with Crippen LogP contribution in [0.15, 0.2) is 30.5 Å². The van der Waals surface area contributed by atoms with E-state index in [-0.39, 0.29) is 29.4 Å². The number of nitrogens with zero attached hydrogens (tertiary/aromatic N) is 5. The zero-order valence-corrected chi connectivity index (χ0v) is 21.6. The number of fused-ring (bicyclic) bond motifs is 1. The summed E-state index contributed by atoms with van der Waals surface area (Å²) in [6, 6.07) is 3.11. The second-order valence-corrected chi connectivity index (χ2v) is 8.86. The molecule has 1 aromatic carbocycles. The van der Waals surface area contributed by atoms with Crippen molar-refractivity contribution in [3.05, 3.63) is 41.7 Å². The molecule has 2 atom stereocenters. The zero-order chi connectivity index (χ0) is 30.3. The van der Waals surface area contributed by atoms with Gasteiger partial charge in [-0.15, -0.1) is 0 Å². The van der Waals surface area contributed by atoms with Crippen LogP contribution in [0, 0.1) is 0 Å². The van der Waals surface area contributed by atoms with Crippen LogP contribution in [-0.2, 0) is 25.7 Å². The van der Waals surface area contributed by atoms with Gasteiger partial charge in [-0.25, -0.2) is 19.6 Å². The van der Waals surface area contributed by atoms with Crippen molar-refractivity contribution in [1.29, 1.82) is 0 Å². The van der Waals surface area contributed by atoms with E-state index >= 15 is 0 Å². The van der Waals surface area contributed by atoms with Crippen LogP contribution >= 0.6 is 0 Å². The number of amides is 2. The van der Waals surface area contributed by atoms with E-state index in [1.807, 2.05) is 10.2 Å². The number of carboxylic acids is 3. The molecule has 0 aliphatic rings. The van der Waals surface area contributed by atoms with Crippen LogP contribution in [0.5, 0.6) is 0 Å². The van der Waals surface area contributed by atoms with Gasteiger partial charge in [-0.1, -0.05) is 0 Å². The zero-order valence-electron chi connectivity index (χ0n) is 21.6. The van der Waals surface area contributed by atoms with Crippen molar-refractivity contribution in [2.24, 2.45) is 0 Å². The van der Waals surface area contributed by atoms with Crippen molar-refractivity contribution in [2.45, 2.75) is 37.9 Å². The first kappa shape index (κ1) is 29.9. The van der Waals surface area contributed by atoms with Crippen LogP contribution in [-0.4, -0.2) is 84.1 Å². The Morgan fingerprint density at radius 3 is 2.20 bits per heavy atom. The highest BCUT2D eigenvalue weighted by Gasteiger charge is 2.25. The minimum atomic E-state index is -1.67. The van der Waals surface area contributed by atoms with Gasteiger partial charge in [0, 0.05) is 24.7 Å². The molecular weight excluding hydrogens is 542 g/mol. The van der Waals surface area contributed by atoms with Crippen LogP contribution < -0.4 is 27.0 Å². The highest BCUT2D eigenvalue weighted by Crippen LogP contribution is 2.19. The van der Waals surface area contributed by atoms with Gasteiger partial charge in [0.1, 0.15) is 12.1 Å². The highest BCUT2D eigenvalue weighted by atomic mass is 16.4. The average molecular weight is 570 g/mol. The summed E-state index contributed by atoms with van der Waals surface area (Å²) in [6.45, 7) is 0.316. The van der Waals surface area contributed by atoms with Crippen molar-refractivity contribution in [3.8, 4) is 0 Å². The number of nitrogens with one attached hydrogen (secondary N) is 2. The number of nitrogen functional groups attached to an aromatic ring is 2. The van der Waals surface area contributed by atoms with Crippen molar-refractivity contribution in [3.63, 3.8) is 0 Å². The molecule has 17 heteroatoms. The van der Waals surface area contributed by atoms with Crippen LogP contribution in [0.1, 0.15) is 35.3 Å². The van der Waals surface area contributed by atoms with Crippen LogP contribution in [0.3, 0.4) is 0 Å². The lowest BCUT2D eigenvalue weighted by Crippen LogP contribution is -2.44. The van der Waals surface area contributed by atoms with E-state index in [1.165, 1.54) is 18.3 Å². The summed E-state index contributed by atoms with van der Waals surface area (Å²) in [5.41, 5.74) is 13.4. The predicted molar refractivity (Wildman–Crippen MR) is 142 cm³/mol. The lowest BCUT2D eigenvalue weighted by atomic mass is 10.1. The number of rotatable bonds is 13. The Morgan fingerprint density at radius 1 is 0.927 bits per heavy atom. The molecule has 2 heterocycles. The molecule has 3 aromatic rings. The molecule has 0 spiro atoms. The van der Waals surface area contributed by atoms with Crippen molar-refractivity contribution >= 4 is 58.3 Å². The number of nitrogens with two attached hydrogens (primary N) is 2. The fourth-order valence-corrected chi connectivity index (χ4v) is 3.68. The molecule has 0 unspecified atom stereocenters. The number of anilines is 3. The largest absolute Gasteiger partial charge is 0.481 e. The predicted octanol–water partition coefficient (Wildman–Crippen LogP) is -0.772. The molecule has 0 saturated carbocycles. The third kappa shape index (κ3) is 8.19. The maximum absolute atomic E-state index is 12.7. The summed E-state index contributed by atoms with van der Waals surface area (Å²) in [7, 11) is 1.78. The molecule has 0 aliphatic heterocycles. The molecule has 17 nitrogen and oxygen atoms in total.